The van der Waals surface area contributed by atoms with Gasteiger partial charge in [0, 0.05) is 29.3 Å². The van der Waals surface area contributed by atoms with E-state index in [9.17, 15) is 31.5 Å². The average Bonchev–Trinajstić information content (AvgIpc) is 3.28. The quantitative estimate of drug-likeness (QED) is 0.509. The van der Waals surface area contributed by atoms with Gasteiger partial charge in [0.25, 0.3) is 5.91 Å². The lowest BCUT2D eigenvalue weighted by molar-refractivity contribution is 0.0442. The molecule has 2 bridgehead atoms. The van der Waals surface area contributed by atoms with Gasteiger partial charge in [0.15, 0.2) is 27.3 Å². The van der Waals surface area contributed by atoms with Crippen LogP contribution in [0.25, 0.3) is 0 Å². The van der Waals surface area contributed by atoms with Gasteiger partial charge in [-0.1, -0.05) is 17.5 Å². The predicted octanol–water partition coefficient (Wildman–Crippen LogP) is 3.95. The van der Waals surface area contributed by atoms with Crippen molar-refractivity contribution in [1.29, 1.82) is 0 Å². The number of benzene rings is 2. The van der Waals surface area contributed by atoms with Crippen LogP contribution in [0.15, 0.2) is 35.2 Å². The number of hydrogen-bond donors (Lipinski definition) is 2. The van der Waals surface area contributed by atoms with Gasteiger partial charge in [-0.15, -0.1) is 6.42 Å². The maximum absolute atomic E-state index is 13.4. The summed E-state index contributed by atoms with van der Waals surface area (Å²) in [7, 11) is -4.07. The average molecular weight is 484 g/mol. The molecule has 0 aromatic heterocycles. The van der Waals surface area contributed by atoms with E-state index in [4.69, 9.17) is 18.0 Å². The van der Waals surface area contributed by atoms with Crippen LogP contribution in [0.2, 0.25) is 5.02 Å². The Balaban J connectivity index is 1.66. The minimum absolute atomic E-state index is 0.115. The van der Waals surface area contributed by atoms with Gasteiger partial charge in [0.05, 0.1) is 15.2 Å². The van der Waals surface area contributed by atoms with Crippen molar-refractivity contribution in [3.63, 3.8) is 0 Å². The Bertz CT molecular complexity index is 1250. The molecule has 0 radical (unpaired) electrons. The van der Waals surface area contributed by atoms with Crippen LogP contribution in [0, 0.1) is 41.6 Å². The van der Waals surface area contributed by atoms with Gasteiger partial charge in [-0.05, 0) is 43.4 Å². The molecular weight excluding hydrogens is 467 g/mol. The third kappa shape index (κ3) is 3.56. The van der Waals surface area contributed by atoms with Gasteiger partial charge in [-0.2, -0.15) is 0 Å². The number of hydrogen-bond acceptors (Lipinski definition) is 4. The summed E-state index contributed by atoms with van der Waals surface area (Å²) < 4.78 is 66.8. The Morgan fingerprint density at radius 1 is 1.19 bits per heavy atom. The molecule has 0 saturated heterocycles. The first-order valence-electron chi connectivity index (χ1n) is 9.67. The second-order valence-corrected chi connectivity index (χ2v) is 10.6. The molecule has 32 heavy (non-hydrogen) atoms. The molecule has 2 aromatic carbocycles. The highest BCUT2D eigenvalue weighted by Gasteiger charge is 2.60. The van der Waals surface area contributed by atoms with E-state index in [1.165, 1.54) is 12.1 Å². The van der Waals surface area contributed by atoms with Gasteiger partial charge >= 0.3 is 0 Å². The molecular formula is C22H17ClF3NO4S. The van der Waals surface area contributed by atoms with E-state index < -0.39 is 50.0 Å². The Morgan fingerprint density at radius 3 is 2.44 bits per heavy atom. The Hall–Kier alpha value is -2.54. The van der Waals surface area contributed by atoms with Crippen LogP contribution in [-0.2, 0) is 9.84 Å². The van der Waals surface area contributed by atoms with Crippen molar-refractivity contribution in [1.82, 2.24) is 0 Å². The second-order valence-electron chi connectivity index (χ2n) is 8.08. The Morgan fingerprint density at radius 2 is 1.84 bits per heavy atom. The van der Waals surface area contributed by atoms with Crippen LogP contribution >= 0.6 is 11.6 Å². The highest BCUT2D eigenvalue weighted by molar-refractivity contribution is 7.92. The first-order valence-corrected chi connectivity index (χ1v) is 11.6. The lowest BCUT2D eigenvalue weighted by atomic mass is 9.85. The zero-order chi connectivity index (χ0) is 23.4. The highest BCUT2D eigenvalue weighted by atomic mass is 35.5. The van der Waals surface area contributed by atoms with Crippen molar-refractivity contribution in [3.05, 3.63) is 58.4 Å². The van der Waals surface area contributed by atoms with Gasteiger partial charge in [0.1, 0.15) is 5.60 Å². The number of sulfone groups is 1. The van der Waals surface area contributed by atoms with Crippen molar-refractivity contribution < 1.29 is 31.5 Å². The van der Waals surface area contributed by atoms with Crippen LogP contribution in [0.3, 0.4) is 0 Å². The van der Waals surface area contributed by atoms with Gasteiger partial charge in [-0.25, -0.2) is 21.6 Å². The van der Waals surface area contributed by atoms with E-state index in [0.29, 0.717) is 25.0 Å². The van der Waals surface area contributed by atoms with Crippen molar-refractivity contribution in [2.75, 3.05) is 5.32 Å². The van der Waals surface area contributed by atoms with E-state index in [1.807, 2.05) is 0 Å². The normalized spacial score (nSPS) is 26.7. The minimum Gasteiger partial charge on any atom is -0.377 e. The molecule has 2 saturated carbocycles. The monoisotopic (exact) mass is 483 g/mol. The number of halogens is 4. The molecule has 5 nitrogen and oxygen atoms in total. The third-order valence-corrected chi connectivity index (χ3v) is 9.07. The second kappa shape index (κ2) is 7.80. The van der Waals surface area contributed by atoms with E-state index in [-0.39, 0.29) is 33.5 Å². The lowest BCUT2D eigenvalue weighted by Gasteiger charge is -2.27. The number of rotatable bonds is 4. The van der Waals surface area contributed by atoms with Crippen LogP contribution in [0.5, 0.6) is 0 Å². The number of nitrogens with one attached hydrogen (secondary N) is 1. The van der Waals surface area contributed by atoms with Crippen molar-refractivity contribution in [3.8, 4) is 12.3 Å². The van der Waals surface area contributed by atoms with Gasteiger partial charge in [0.2, 0.25) is 0 Å². The number of terminal acetylenes is 1. The van der Waals surface area contributed by atoms with Crippen molar-refractivity contribution >= 4 is 33.0 Å². The molecule has 2 aliphatic carbocycles. The molecule has 4 atom stereocenters. The van der Waals surface area contributed by atoms with Crippen molar-refractivity contribution in [2.45, 2.75) is 35.0 Å². The van der Waals surface area contributed by atoms with Crippen LogP contribution in [-0.4, -0.2) is 30.3 Å². The fourth-order valence-electron chi connectivity index (χ4n) is 4.81. The SMILES string of the molecule is C#C[C@]1(O)CC2CC[C@@H]1[C@@H]2S(=O)(=O)c1cc(C(=O)Nc2cc(F)c(F)c(F)c2)ccc1Cl. The number of aliphatic hydroxyl groups is 1. The smallest absolute Gasteiger partial charge is 0.255 e. The number of amides is 1. The molecule has 168 valence electrons. The van der Waals surface area contributed by atoms with E-state index in [0.717, 1.165) is 6.07 Å². The molecule has 2 N–H and O–H groups in total. The molecule has 2 fully saturated rings. The van der Waals surface area contributed by atoms with Gasteiger partial charge < -0.3 is 10.4 Å². The molecule has 0 spiro atoms. The Labute approximate surface area is 187 Å². The fourth-order valence-corrected chi connectivity index (χ4v) is 7.70. The molecule has 2 aliphatic rings. The molecule has 0 aliphatic heterocycles. The van der Waals surface area contributed by atoms with Crippen LogP contribution < -0.4 is 5.32 Å². The number of fused-ring (bicyclic) bond motifs is 2. The third-order valence-electron chi connectivity index (χ3n) is 6.25. The standard InChI is InChI=1S/C22H17ClF3NO4S/c1-2-22(29)10-12-3-5-14(22)20(12)32(30,31)18-7-11(4-6-15(18)23)21(28)27-13-8-16(24)19(26)17(25)9-13/h1,4,6-9,12,14,20,29H,3,5,10H2,(H,27,28)/t12?,14-,20-,22+/m1/s1. The zero-order valence-corrected chi connectivity index (χ0v) is 18.0. The van der Waals surface area contributed by atoms with Crippen LogP contribution in [0.4, 0.5) is 18.9 Å². The lowest BCUT2D eigenvalue weighted by Crippen LogP contribution is -2.37. The maximum Gasteiger partial charge on any atom is 0.255 e. The molecule has 4 rings (SSSR count). The highest BCUT2D eigenvalue weighted by Crippen LogP contribution is 2.55. The summed E-state index contributed by atoms with van der Waals surface area (Å²) in [5.74, 6) is -4.21. The van der Waals surface area contributed by atoms with E-state index in [1.54, 1.807) is 0 Å². The van der Waals surface area contributed by atoms with Crippen LogP contribution in [0.1, 0.15) is 29.6 Å². The summed E-state index contributed by atoms with van der Waals surface area (Å²) in [6, 6.07) is 4.73. The number of carbonyl (C=O) groups excluding carboxylic acids is 1. The summed E-state index contributed by atoms with van der Waals surface area (Å²) in [6.07, 6.45) is 6.66. The van der Waals surface area contributed by atoms with E-state index in [2.05, 4.69) is 11.2 Å². The van der Waals surface area contributed by atoms with E-state index >= 15 is 0 Å². The van der Waals surface area contributed by atoms with Gasteiger partial charge in [-0.3, -0.25) is 4.79 Å². The molecule has 1 unspecified atom stereocenters. The number of carbonyl (C=O) groups is 1. The zero-order valence-electron chi connectivity index (χ0n) is 16.4. The molecule has 2 aromatic rings. The first-order chi connectivity index (χ1) is 15.0. The summed E-state index contributed by atoms with van der Waals surface area (Å²) in [4.78, 5) is 12.3. The summed E-state index contributed by atoms with van der Waals surface area (Å²) in [5, 5.41) is 11.8. The summed E-state index contributed by atoms with van der Waals surface area (Å²) in [5.41, 5.74) is -2.01. The summed E-state index contributed by atoms with van der Waals surface area (Å²) in [6.45, 7) is 0. The number of anilines is 1. The Kier molecular flexibility index (Phi) is 5.52. The molecule has 0 heterocycles. The fraction of sp³-hybridized carbons (Fsp3) is 0.318. The topological polar surface area (TPSA) is 83.5 Å². The van der Waals surface area contributed by atoms with Crippen molar-refractivity contribution in [2.24, 2.45) is 11.8 Å². The minimum atomic E-state index is -4.07. The summed E-state index contributed by atoms with van der Waals surface area (Å²) >= 11 is 6.15. The molecule has 10 heteroatoms. The maximum atomic E-state index is 13.4. The first kappa shape index (κ1) is 22.6. The predicted molar refractivity (Wildman–Crippen MR) is 111 cm³/mol. The largest absolute Gasteiger partial charge is 0.377 e. The molecule has 1 amide bonds.